The van der Waals surface area contributed by atoms with Crippen molar-refractivity contribution >= 4 is 5.91 Å². The fraction of sp³-hybridized carbons (Fsp3) is 0.300. The smallest absolute Gasteiger partial charge is 0.463 e. The van der Waals surface area contributed by atoms with E-state index in [9.17, 15) is 31.9 Å². The van der Waals surface area contributed by atoms with Gasteiger partial charge in [0, 0.05) is 12.1 Å². The number of benzene rings is 1. The first-order valence-corrected chi connectivity index (χ1v) is 4.66. The van der Waals surface area contributed by atoms with Crippen LogP contribution in [0.1, 0.15) is 5.56 Å². The fourth-order valence-corrected chi connectivity index (χ4v) is 1.08. The summed E-state index contributed by atoms with van der Waals surface area (Å²) >= 11 is 0. The number of hydrogen-bond donors (Lipinski definition) is 2. The summed E-state index contributed by atoms with van der Waals surface area (Å²) in [5.41, 5.74) is 0.0313. The average molecular weight is 269 g/mol. The number of para-hydroxylation sites is 1. The fourth-order valence-electron chi connectivity index (χ4n) is 1.08. The predicted octanol–water partition coefficient (Wildman–Crippen LogP) is 2.21. The van der Waals surface area contributed by atoms with Gasteiger partial charge in [-0.3, -0.25) is 4.79 Å². The van der Waals surface area contributed by atoms with E-state index in [0.717, 1.165) is 0 Å². The number of amides is 1. The highest BCUT2D eigenvalue weighted by atomic mass is 19.4. The highest BCUT2D eigenvalue weighted by Crippen LogP contribution is 2.35. The molecule has 0 aliphatic rings. The Morgan fingerprint density at radius 1 is 1.17 bits per heavy atom. The summed E-state index contributed by atoms with van der Waals surface area (Å²) in [6.45, 7) is -0.628. The molecule has 0 aromatic heterocycles. The van der Waals surface area contributed by atoms with E-state index in [1.165, 1.54) is 29.6 Å². The van der Waals surface area contributed by atoms with Crippen LogP contribution in [0.15, 0.2) is 24.3 Å². The molecule has 0 bridgehead atoms. The number of phenols is 1. The lowest BCUT2D eigenvalue weighted by atomic mass is 10.2. The van der Waals surface area contributed by atoms with E-state index < -0.39 is 24.6 Å². The zero-order valence-corrected chi connectivity index (χ0v) is 8.76. The van der Waals surface area contributed by atoms with Gasteiger partial charge in [0.2, 0.25) is 0 Å². The molecule has 0 radical (unpaired) electrons. The highest BCUT2D eigenvalue weighted by molar-refractivity contribution is 5.84. The molecule has 1 rings (SSSR count). The third-order valence-corrected chi connectivity index (χ3v) is 2.07. The van der Waals surface area contributed by atoms with Crippen molar-refractivity contribution in [1.29, 1.82) is 0 Å². The van der Waals surface area contributed by atoms with Gasteiger partial charge in [-0.25, -0.2) is 0 Å². The van der Waals surface area contributed by atoms with Crippen LogP contribution in [0.5, 0.6) is 5.75 Å². The van der Waals surface area contributed by atoms with Crippen molar-refractivity contribution in [2.45, 2.75) is 18.6 Å². The summed E-state index contributed by atoms with van der Waals surface area (Å²) in [5.74, 6) is -8.23. The Morgan fingerprint density at radius 2 is 1.72 bits per heavy atom. The van der Waals surface area contributed by atoms with Gasteiger partial charge >= 0.3 is 18.0 Å². The molecule has 0 aliphatic carbocycles. The van der Waals surface area contributed by atoms with Crippen LogP contribution in [0.25, 0.3) is 0 Å². The Morgan fingerprint density at radius 3 is 2.22 bits per heavy atom. The van der Waals surface area contributed by atoms with Crippen LogP contribution < -0.4 is 5.32 Å². The summed E-state index contributed by atoms with van der Waals surface area (Å²) in [4.78, 5) is 10.7. The van der Waals surface area contributed by atoms with Crippen molar-refractivity contribution < 1.29 is 31.9 Å². The van der Waals surface area contributed by atoms with Crippen molar-refractivity contribution in [3.8, 4) is 5.75 Å². The van der Waals surface area contributed by atoms with E-state index in [0.29, 0.717) is 0 Å². The SMILES string of the molecule is O=C(NCc1ccccc1O)C(F)(F)C(F)(F)F. The Labute approximate surface area is 98.2 Å². The number of nitrogens with one attached hydrogen (secondary N) is 1. The van der Waals surface area contributed by atoms with E-state index in [1.54, 1.807) is 0 Å². The van der Waals surface area contributed by atoms with Gasteiger partial charge in [-0.05, 0) is 6.07 Å². The van der Waals surface area contributed by atoms with Crippen LogP contribution in [0.2, 0.25) is 0 Å². The van der Waals surface area contributed by atoms with E-state index in [4.69, 9.17) is 0 Å². The number of phenolic OH excluding ortho intramolecular Hbond substituents is 1. The topological polar surface area (TPSA) is 49.3 Å². The van der Waals surface area contributed by atoms with Gasteiger partial charge < -0.3 is 10.4 Å². The zero-order valence-electron chi connectivity index (χ0n) is 8.76. The zero-order chi connectivity index (χ0) is 14.0. The molecule has 1 aromatic rings. The van der Waals surface area contributed by atoms with Gasteiger partial charge in [-0.15, -0.1) is 0 Å². The van der Waals surface area contributed by atoms with E-state index in [1.807, 2.05) is 0 Å². The molecule has 0 saturated heterocycles. The van der Waals surface area contributed by atoms with Crippen molar-refractivity contribution in [2.24, 2.45) is 0 Å². The minimum atomic E-state index is -5.95. The third-order valence-electron chi connectivity index (χ3n) is 2.07. The minimum absolute atomic E-state index is 0.0313. The van der Waals surface area contributed by atoms with Gasteiger partial charge in [0.15, 0.2) is 0 Å². The number of hydrogen-bond acceptors (Lipinski definition) is 2. The molecule has 0 unspecified atom stereocenters. The molecule has 0 atom stereocenters. The second kappa shape index (κ2) is 4.79. The summed E-state index contributed by atoms with van der Waals surface area (Å²) in [6, 6.07) is 5.36. The molecular weight excluding hydrogens is 261 g/mol. The number of halogens is 5. The standard InChI is InChI=1S/C10H8F5NO2/c11-9(12,10(13,14)15)8(18)16-5-6-3-1-2-4-7(6)17/h1-4,17H,5H2,(H,16,18). The van der Waals surface area contributed by atoms with Crippen molar-refractivity contribution in [3.05, 3.63) is 29.8 Å². The molecule has 0 saturated carbocycles. The molecule has 1 amide bonds. The molecule has 2 N–H and O–H groups in total. The molecule has 8 heteroatoms. The molecule has 0 heterocycles. The largest absolute Gasteiger partial charge is 0.508 e. The van der Waals surface area contributed by atoms with Crippen molar-refractivity contribution in [1.82, 2.24) is 5.32 Å². The summed E-state index contributed by atoms with van der Waals surface area (Å²) in [6.07, 6.45) is -5.95. The van der Waals surface area contributed by atoms with Crippen LogP contribution in [0.4, 0.5) is 22.0 Å². The third kappa shape index (κ3) is 2.88. The van der Waals surface area contributed by atoms with E-state index in [-0.39, 0.29) is 11.3 Å². The van der Waals surface area contributed by atoms with E-state index >= 15 is 0 Å². The molecule has 0 spiro atoms. The number of carbonyl (C=O) groups is 1. The summed E-state index contributed by atoms with van der Waals surface area (Å²) in [5, 5.41) is 10.6. The van der Waals surface area contributed by atoms with E-state index in [2.05, 4.69) is 0 Å². The van der Waals surface area contributed by atoms with Crippen molar-refractivity contribution in [3.63, 3.8) is 0 Å². The Kier molecular flexibility index (Phi) is 3.78. The Hall–Kier alpha value is -1.86. The molecule has 18 heavy (non-hydrogen) atoms. The number of alkyl halides is 5. The van der Waals surface area contributed by atoms with Gasteiger partial charge in [-0.1, -0.05) is 18.2 Å². The molecule has 0 fully saturated rings. The lowest BCUT2D eigenvalue weighted by Gasteiger charge is -2.18. The lowest BCUT2D eigenvalue weighted by Crippen LogP contribution is -2.50. The maximum atomic E-state index is 12.5. The number of aromatic hydroxyl groups is 1. The Bertz CT molecular complexity index is 444. The average Bonchev–Trinajstić information content (AvgIpc) is 2.26. The normalized spacial score (nSPS) is 12.3. The maximum Gasteiger partial charge on any atom is 0.463 e. The number of carbonyl (C=O) groups excluding carboxylic acids is 1. The molecule has 100 valence electrons. The second-order valence-corrected chi connectivity index (χ2v) is 3.38. The molecule has 1 aromatic carbocycles. The Balaban J connectivity index is 2.71. The van der Waals surface area contributed by atoms with Gasteiger partial charge in [0.1, 0.15) is 5.75 Å². The number of rotatable bonds is 3. The maximum absolute atomic E-state index is 12.5. The van der Waals surface area contributed by atoms with Crippen LogP contribution >= 0.6 is 0 Å². The predicted molar refractivity (Wildman–Crippen MR) is 51.0 cm³/mol. The summed E-state index contributed by atoms with van der Waals surface area (Å²) < 4.78 is 60.5. The van der Waals surface area contributed by atoms with Crippen LogP contribution in [-0.2, 0) is 11.3 Å². The lowest BCUT2D eigenvalue weighted by molar-refractivity contribution is -0.269. The van der Waals surface area contributed by atoms with Crippen LogP contribution in [0, 0.1) is 0 Å². The first-order chi connectivity index (χ1) is 8.16. The first-order valence-electron chi connectivity index (χ1n) is 4.66. The highest BCUT2D eigenvalue weighted by Gasteiger charge is 2.63. The summed E-state index contributed by atoms with van der Waals surface area (Å²) in [7, 11) is 0. The monoisotopic (exact) mass is 269 g/mol. The molecular formula is C10H8F5NO2. The molecule has 0 aliphatic heterocycles. The first kappa shape index (κ1) is 14.2. The quantitative estimate of drug-likeness (QED) is 0.826. The second-order valence-electron chi connectivity index (χ2n) is 3.38. The molecule has 3 nitrogen and oxygen atoms in total. The van der Waals surface area contributed by atoms with Crippen LogP contribution in [-0.4, -0.2) is 23.1 Å². The van der Waals surface area contributed by atoms with Gasteiger partial charge in [-0.2, -0.15) is 22.0 Å². The van der Waals surface area contributed by atoms with Gasteiger partial charge in [0.25, 0.3) is 0 Å². The van der Waals surface area contributed by atoms with Crippen molar-refractivity contribution in [2.75, 3.05) is 0 Å². The minimum Gasteiger partial charge on any atom is -0.508 e. The van der Waals surface area contributed by atoms with Crippen LogP contribution in [0.3, 0.4) is 0 Å². The van der Waals surface area contributed by atoms with Gasteiger partial charge in [0.05, 0.1) is 0 Å².